The lowest BCUT2D eigenvalue weighted by Crippen LogP contribution is -2.16. The van der Waals surface area contributed by atoms with E-state index in [2.05, 4.69) is 55.7 Å². The summed E-state index contributed by atoms with van der Waals surface area (Å²) >= 11 is 4.32. The molecule has 0 aliphatic heterocycles. The second kappa shape index (κ2) is 10.0. The minimum atomic E-state index is -0.436. The van der Waals surface area contributed by atoms with Gasteiger partial charge in [-0.05, 0) is 99.6 Å². The van der Waals surface area contributed by atoms with Crippen LogP contribution in [0.25, 0.3) is 0 Å². The van der Waals surface area contributed by atoms with Crippen molar-refractivity contribution < 1.29 is 18.9 Å². The average Bonchev–Trinajstić information content (AvgIpc) is 3.14. The maximum absolute atomic E-state index is 11.9. The van der Waals surface area contributed by atoms with Gasteiger partial charge in [0.25, 0.3) is 5.69 Å². The molecule has 1 N–H and O–H groups in total. The van der Waals surface area contributed by atoms with E-state index in [1.807, 2.05) is 12.1 Å². The molecule has 3 aromatic rings. The lowest BCUT2D eigenvalue weighted by atomic mass is 10.2. The van der Waals surface area contributed by atoms with Crippen LogP contribution in [0.4, 0.5) is 5.69 Å². The summed E-state index contributed by atoms with van der Waals surface area (Å²) in [6.07, 6.45) is 1.54. The van der Waals surface area contributed by atoms with Gasteiger partial charge in [0, 0.05) is 12.1 Å². The third kappa shape index (κ3) is 5.78. The Labute approximate surface area is 199 Å². The number of hydrogen-bond acceptors (Lipinski definition) is 6. The van der Waals surface area contributed by atoms with E-state index in [4.69, 9.17) is 9.15 Å². The number of nitrogens with zero attached hydrogens (tertiary/aromatic N) is 2. The first-order valence-electron chi connectivity index (χ1n) is 8.58. The van der Waals surface area contributed by atoms with Gasteiger partial charge in [-0.25, -0.2) is 5.43 Å². The summed E-state index contributed by atoms with van der Waals surface area (Å²) in [6, 6.07) is 13.3. The lowest BCUT2D eigenvalue weighted by molar-refractivity contribution is -0.384. The van der Waals surface area contributed by atoms with Gasteiger partial charge < -0.3 is 9.15 Å². The number of rotatable bonds is 7. The number of benzene rings is 2. The minimum Gasteiger partial charge on any atom is -0.487 e. The second-order valence-corrected chi connectivity index (χ2v) is 8.46. The maximum atomic E-state index is 11.9. The molecule has 0 unspecified atom stereocenters. The van der Waals surface area contributed by atoms with Crippen LogP contribution in [0.5, 0.6) is 5.75 Å². The smallest absolute Gasteiger partial charge is 0.307 e. The Hall–Kier alpha value is -2.48. The van der Waals surface area contributed by atoms with E-state index in [1.165, 1.54) is 18.3 Å². The molecule has 3 rings (SSSR count). The number of amides is 1. The maximum Gasteiger partial charge on any atom is 0.307 e. The summed E-state index contributed by atoms with van der Waals surface area (Å²) in [6.45, 7) is 2.05. The number of nitro benzene ring substituents is 1. The molecule has 0 saturated carbocycles. The fraction of sp³-hybridized carbons (Fsp3) is 0.100. The van der Waals surface area contributed by atoms with E-state index in [9.17, 15) is 14.9 Å². The van der Waals surface area contributed by atoms with Gasteiger partial charge in [0.1, 0.15) is 18.1 Å². The van der Waals surface area contributed by atoms with Crippen LogP contribution in [-0.4, -0.2) is 17.0 Å². The molecule has 0 fully saturated rings. The highest BCUT2D eigenvalue weighted by atomic mass is 127. The zero-order valence-electron chi connectivity index (χ0n) is 15.6. The van der Waals surface area contributed by atoms with Gasteiger partial charge in [-0.1, -0.05) is 0 Å². The van der Waals surface area contributed by atoms with Gasteiger partial charge in [0.05, 0.1) is 18.3 Å². The third-order valence-electron chi connectivity index (χ3n) is 3.89. The first-order valence-corrected chi connectivity index (χ1v) is 10.7. The van der Waals surface area contributed by atoms with Crippen molar-refractivity contribution in [2.75, 3.05) is 0 Å². The summed E-state index contributed by atoms with van der Waals surface area (Å²) < 4.78 is 12.9. The lowest BCUT2D eigenvalue weighted by Gasteiger charge is -2.11. The quantitative estimate of drug-likeness (QED) is 0.170. The van der Waals surface area contributed by atoms with Crippen molar-refractivity contribution in [1.29, 1.82) is 0 Å². The molecular weight excluding hydrogens is 616 g/mol. The number of nitrogens with one attached hydrogen (secondary N) is 1. The summed E-state index contributed by atoms with van der Waals surface area (Å²) in [5.41, 5.74) is 4.09. The monoisotopic (exact) mass is 631 g/mol. The number of non-ortho nitro benzene ring substituents is 1. The Morgan fingerprint density at radius 1 is 1.20 bits per heavy atom. The molecule has 0 bridgehead atoms. The number of aryl methyl sites for hydroxylation is 1. The van der Waals surface area contributed by atoms with Gasteiger partial charge in [0.2, 0.25) is 0 Å². The SMILES string of the molecule is Cc1ccc(C(=O)N/N=C/c2cc(I)c(OCc3ccc([N+](=O)[O-])cc3)c(I)c2)o1. The molecule has 0 saturated heterocycles. The number of nitro groups is 1. The molecule has 1 heterocycles. The molecular formula is C20H15I2N3O5. The number of hydrazone groups is 1. The Morgan fingerprint density at radius 2 is 1.87 bits per heavy atom. The van der Waals surface area contributed by atoms with Crippen molar-refractivity contribution in [1.82, 2.24) is 5.43 Å². The Balaban J connectivity index is 1.63. The predicted octanol–water partition coefficient (Wildman–Crippen LogP) is 5.05. The fourth-order valence-corrected chi connectivity index (χ4v) is 4.57. The van der Waals surface area contributed by atoms with Crippen LogP contribution in [0.3, 0.4) is 0 Å². The Morgan fingerprint density at radius 3 is 2.43 bits per heavy atom. The molecule has 30 heavy (non-hydrogen) atoms. The highest BCUT2D eigenvalue weighted by Crippen LogP contribution is 2.29. The first-order chi connectivity index (χ1) is 14.3. The topological polar surface area (TPSA) is 107 Å². The summed E-state index contributed by atoms with van der Waals surface area (Å²) in [7, 11) is 0. The molecule has 8 nitrogen and oxygen atoms in total. The van der Waals surface area contributed by atoms with Crippen molar-refractivity contribution in [3.05, 3.63) is 88.4 Å². The molecule has 10 heteroatoms. The number of halogens is 2. The summed E-state index contributed by atoms with van der Waals surface area (Å²) in [5, 5.41) is 14.7. The summed E-state index contributed by atoms with van der Waals surface area (Å²) in [5.74, 6) is 1.13. The zero-order valence-corrected chi connectivity index (χ0v) is 19.9. The molecule has 0 radical (unpaired) electrons. The molecule has 0 spiro atoms. The predicted molar refractivity (Wildman–Crippen MR) is 128 cm³/mol. The van der Waals surface area contributed by atoms with Crippen LogP contribution < -0.4 is 10.2 Å². The van der Waals surface area contributed by atoms with Crippen LogP contribution in [0, 0.1) is 24.2 Å². The van der Waals surface area contributed by atoms with Gasteiger partial charge in [-0.15, -0.1) is 0 Å². The van der Waals surface area contributed by atoms with Crippen LogP contribution in [0.15, 0.2) is 58.0 Å². The van der Waals surface area contributed by atoms with E-state index in [-0.39, 0.29) is 18.1 Å². The van der Waals surface area contributed by atoms with E-state index in [0.717, 1.165) is 18.3 Å². The Kier molecular flexibility index (Phi) is 7.42. The molecule has 154 valence electrons. The van der Waals surface area contributed by atoms with E-state index < -0.39 is 10.8 Å². The first kappa shape index (κ1) is 22.2. The van der Waals surface area contributed by atoms with Crippen LogP contribution >= 0.6 is 45.2 Å². The highest BCUT2D eigenvalue weighted by molar-refractivity contribution is 14.1. The number of carbonyl (C=O) groups is 1. The van der Waals surface area contributed by atoms with E-state index >= 15 is 0 Å². The number of hydrogen-bond donors (Lipinski definition) is 1. The summed E-state index contributed by atoms with van der Waals surface area (Å²) in [4.78, 5) is 22.2. The molecule has 1 amide bonds. The van der Waals surface area contributed by atoms with Crippen LogP contribution in [0.1, 0.15) is 27.4 Å². The van der Waals surface area contributed by atoms with Crippen molar-refractivity contribution in [2.24, 2.45) is 5.10 Å². The van der Waals surface area contributed by atoms with E-state index in [1.54, 1.807) is 31.2 Å². The standard InChI is InChI=1S/C20H15I2N3O5/c1-12-2-7-18(30-12)20(26)24-23-10-14-8-16(21)19(17(22)9-14)29-11-13-3-5-15(6-4-13)25(27)28/h2-10H,11H2,1H3,(H,24,26)/b23-10+. The fourth-order valence-electron chi connectivity index (χ4n) is 2.44. The molecule has 0 aliphatic carbocycles. The largest absolute Gasteiger partial charge is 0.487 e. The van der Waals surface area contributed by atoms with Crippen molar-refractivity contribution in [3.63, 3.8) is 0 Å². The number of ether oxygens (including phenoxy) is 1. The van der Waals surface area contributed by atoms with Gasteiger partial charge in [-0.3, -0.25) is 14.9 Å². The van der Waals surface area contributed by atoms with Crippen molar-refractivity contribution in [2.45, 2.75) is 13.5 Å². The average molecular weight is 631 g/mol. The minimum absolute atomic E-state index is 0.0424. The zero-order chi connectivity index (χ0) is 21.7. The molecule has 0 atom stereocenters. The van der Waals surface area contributed by atoms with E-state index in [0.29, 0.717) is 11.5 Å². The van der Waals surface area contributed by atoms with Gasteiger partial charge in [0.15, 0.2) is 5.76 Å². The van der Waals surface area contributed by atoms with Crippen LogP contribution in [-0.2, 0) is 6.61 Å². The normalized spacial score (nSPS) is 10.9. The van der Waals surface area contributed by atoms with Crippen molar-refractivity contribution >= 4 is 63.0 Å². The highest BCUT2D eigenvalue weighted by Gasteiger charge is 2.11. The number of carbonyl (C=O) groups excluding carboxylic acids is 1. The molecule has 1 aromatic heterocycles. The van der Waals surface area contributed by atoms with Crippen LogP contribution in [0.2, 0.25) is 0 Å². The van der Waals surface area contributed by atoms with Crippen molar-refractivity contribution in [3.8, 4) is 5.75 Å². The third-order valence-corrected chi connectivity index (χ3v) is 5.50. The van der Waals surface area contributed by atoms with Gasteiger partial charge in [-0.2, -0.15) is 5.10 Å². The second-order valence-electron chi connectivity index (χ2n) is 6.14. The molecule has 0 aliphatic rings. The molecule has 2 aromatic carbocycles. The Bertz CT molecular complexity index is 1090. The van der Waals surface area contributed by atoms with Gasteiger partial charge >= 0.3 is 5.91 Å². The number of furan rings is 1.